The van der Waals surface area contributed by atoms with Gasteiger partial charge in [-0.05, 0) is 25.0 Å². The van der Waals surface area contributed by atoms with Crippen LogP contribution in [-0.2, 0) is 6.42 Å². The van der Waals surface area contributed by atoms with Crippen molar-refractivity contribution in [1.29, 1.82) is 0 Å². The van der Waals surface area contributed by atoms with E-state index in [0.29, 0.717) is 0 Å². The molecule has 3 rings (SSSR count). The third-order valence-electron chi connectivity index (χ3n) is 3.49. The lowest BCUT2D eigenvalue weighted by molar-refractivity contribution is 0.425. The molecule has 0 atom stereocenters. The lowest BCUT2D eigenvalue weighted by atomic mass is 9.94. The van der Waals surface area contributed by atoms with E-state index in [0.717, 1.165) is 30.7 Å². The average Bonchev–Trinajstić information content (AvgIpc) is 2.87. The average molecular weight is 216 g/mol. The summed E-state index contributed by atoms with van der Waals surface area (Å²) in [5, 5.41) is 8.39. The van der Waals surface area contributed by atoms with Crippen LogP contribution in [0, 0.1) is 0 Å². The zero-order valence-corrected chi connectivity index (χ0v) is 9.26. The Labute approximate surface area is 94.5 Å². The van der Waals surface area contributed by atoms with Crippen molar-refractivity contribution in [3.05, 3.63) is 30.2 Å². The highest BCUT2D eigenvalue weighted by Gasteiger charge is 2.31. The second-order valence-electron chi connectivity index (χ2n) is 4.79. The SMILES string of the molecule is NC1(Cc2nnc3ccccn23)CCCC1. The van der Waals surface area contributed by atoms with Gasteiger partial charge in [-0.2, -0.15) is 0 Å². The number of pyridine rings is 1. The minimum absolute atomic E-state index is 0.0567. The first kappa shape index (κ1) is 9.78. The number of nitrogens with zero attached hydrogens (tertiary/aromatic N) is 3. The molecule has 4 nitrogen and oxygen atoms in total. The molecule has 2 heterocycles. The topological polar surface area (TPSA) is 56.2 Å². The Morgan fingerprint density at radius 1 is 1.25 bits per heavy atom. The molecule has 1 aliphatic carbocycles. The molecule has 1 fully saturated rings. The van der Waals surface area contributed by atoms with Gasteiger partial charge in [-0.1, -0.05) is 18.9 Å². The van der Waals surface area contributed by atoms with Crippen molar-refractivity contribution in [1.82, 2.24) is 14.6 Å². The molecule has 0 radical (unpaired) electrons. The Hall–Kier alpha value is -1.42. The summed E-state index contributed by atoms with van der Waals surface area (Å²) in [7, 11) is 0. The maximum Gasteiger partial charge on any atom is 0.160 e. The van der Waals surface area contributed by atoms with Gasteiger partial charge in [0.2, 0.25) is 0 Å². The van der Waals surface area contributed by atoms with E-state index in [1.807, 2.05) is 28.8 Å². The number of hydrogen-bond acceptors (Lipinski definition) is 3. The first-order valence-electron chi connectivity index (χ1n) is 5.84. The fourth-order valence-electron chi connectivity index (χ4n) is 2.58. The van der Waals surface area contributed by atoms with Gasteiger partial charge in [0.1, 0.15) is 5.82 Å². The Morgan fingerprint density at radius 3 is 2.88 bits per heavy atom. The van der Waals surface area contributed by atoms with Crippen LogP contribution in [0.15, 0.2) is 24.4 Å². The molecule has 0 saturated heterocycles. The van der Waals surface area contributed by atoms with Crippen molar-refractivity contribution < 1.29 is 0 Å². The first-order chi connectivity index (χ1) is 7.77. The van der Waals surface area contributed by atoms with Gasteiger partial charge in [0, 0.05) is 18.2 Å². The Morgan fingerprint density at radius 2 is 2.06 bits per heavy atom. The summed E-state index contributed by atoms with van der Waals surface area (Å²) < 4.78 is 2.03. The molecule has 0 bridgehead atoms. The second-order valence-corrected chi connectivity index (χ2v) is 4.79. The summed E-state index contributed by atoms with van der Waals surface area (Å²) in [5.74, 6) is 0.986. The van der Waals surface area contributed by atoms with Crippen LogP contribution < -0.4 is 5.73 Å². The van der Waals surface area contributed by atoms with Gasteiger partial charge in [0.15, 0.2) is 5.65 Å². The fraction of sp³-hybridized carbons (Fsp3) is 0.500. The Balaban J connectivity index is 1.94. The number of rotatable bonds is 2. The number of aromatic nitrogens is 3. The van der Waals surface area contributed by atoms with E-state index in [2.05, 4.69) is 10.2 Å². The lowest BCUT2D eigenvalue weighted by Gasteiger charge is -2.21. The molecule has 84 valence electrons. The molecular formula is C12H16N4. The van der Waals surface area contributed by atoms with Crippen LogP contribution >= 0.6 is 0 Å². The van der Waals surface area contributed by atoms with Crippen LogP contribution in [0.4, 0.5) is 0 Å². The molecule has 2 aromatic heterocycles. The van der Waals surface area contributed by atoms with Gasteiger partial charge < -0.3 is 5.73 Å². The van der Waals surface area contributed by atoms with E-state index in [1.165, 1.54) is 12.8 Å². The third kappa shape index (κ3) is 1.59. The maximum atomic E-state index is 6.36. The van der Waals surface area contributed by atoms with Crippen molar-refractivity contribution in [2.24, 2.45) is 5.73 Å². The van der Waals surface area contributed by atoms with Crippen molar-refractivity contribution in [3.63, 3.8) is 0 Å². The van der Waals surface area contributed by atoms with Gasteiger partial charge in [-0.15, -0.1) is 10.2 Å². The lowest BCUT2D eigenvalue weighted by Crippen LogP contribution is -2.39. The molecule has 0 aliphatic heterocycles. The molecule has 0 unspecified atom stereocenters. The van der Waals surface area contributed by atoms with Crippen LogP contribution in [0.1, 0.15) is 31.5 Å². The molecule has 1 aliphatic rings. The van der Waals surface area contributed by atoms with E-state index in [4.69, 9.17) is 5.73 Å². The van der Waals surface area contributed by atoms with E-state index in [9.17, 15) is 0 Å². The smallest absolute Gasteiger partial charge is 0.160 e. The second kappa shape index (κ2) is 3.56. The van der Waals surface area contributed by atoms with E-state index in [1.54, 1.807) is 0 Å². The highest BCUT2D eigenvalue weighted by molar-refractivity contribution is 5.37. The zero-order valence-electron chi connectivity index (χ0n) is 9.26. The molecule has 2 N–H and O–H groups in total. The maximum absolute atomic E-state index is 6.36. The summed E-state index contributed by atoms with van der Waals surface area (Å²) in [5.41, 5.74) is 7.21. The Bertz CT molecular complexity index is 496. The monoisotopic (exact) mass is 216 g/mol. The molecule has 16 heavy (non-hydrogen) atoms. The normalized spacial score (nSPS) is 19.3. The van der Waals surface area contributed by atoms with Crippen LogP contribution in [-0.4, -0.2) is 20.1 Å². The van der Waals surface area contributed by atoms with E-state index in [-0.39, 0.29) is 5.54 Å². The molecule has 0 aromatic carbocycles. The summed E-state index contributed by atoms with van der Waals surface area (Å²) in [6.07, 6.45) is 7.53. The van der Waals surface area contributed by atoms with Gasteiger partial charge in [0.25, 0.3) is 0 Å². The quantitative estimate of drug-likeness (QED) is 0.828. The van der Waals surface area contributed by atoms with Crippen LogP contribution in [0.5, 0.6) is 0 Å². The standard InChI is InChI=1S/C12H16N4/c13-12(6-2-3-7-12)9-11-15-14-10-5-1-4-8-16(10)11/h1,4-5,8H,2-3,6-7,9,13H2. The van der Waals surface area contributed by atoms with E-state index >= 15 is 0 Å². The van der Waals surface area contributed by atoms with Crippen molar-refractivity contribution in [3.8, 4) is 0 Å². The minimum Gasteiger partial charge on any atom is -0.325 e. The van der Waals surface area contributed by atoms with Gasteiger partial charge in [0.05, 0.1) is 0 Å². The summed E-state index contributed by atoms with van der Waals surface area (Å²) >= 11 is 0. The molecule has 0 spiro atoms. The van der Waals surface area contributed by atoms with Crippen molar-refractivity contribution in [2.45, 2.75) is 37.6 Å². The van der Waals surface area contributed by atoms with Crippen LogP contribution in [0.3, 0.4) is 0 Å². The molecule has 1 saturated carbocycles. The summed E-state index contributed by atoms with van der Waals surface area (Å²) in [6.45, 7) is 0. The van der Waals surface area contributed by atoms with Crippen LogP contribution in [0.2, 0.25) is 0 Å². The van der Waals surface area contributed by atoms with Crippen molar-refractivity contribution >= 4 is 5.65 Å². The zero-order chi connectivity index (χ0) is 11.0. The number of nitrogens with two attached hydrogens (primary N) is 1. The highest BCUT2D eigenvalue weighted by Crippen LogP contribution is 2.29. The fourth-order valence-corrected chi connectivity index (χ4v) is 2.58. The third-order valence-corrected chi connectivity index (χ3v) is 3.49. The van der Waals surface area contributed by atoms with E-state index < -0.39 is 0 Å². The molecule has 2 aromatic rings. The number of hydrogen-bond donors (Lipinski definition) is 1. The molecule has 4 heteroatoms. The predicted octanol–water partition coefficient (Wildman–Crippen LogP) is 1.54. The van der Waals surface area contributed by atoms with Gasteiger partial charge >= 0.3 is 0 Å². The highest BCUT2D eigenvalue weighted by atomic mass is 15.2. The molecular weight excluding hydrogens is 200 g/mol. The predicted molar refractivity (Wildman–Crippen MR) is 62.1 cm³/mol. The minimum atomic E-state index is -0.0567. The number of fused-ring (bicyclic) bond motifs is 1. The van der Waals surface area contributed by atoms with Crippen LogP contribution in [0.25, 0.3) is 5.65 Å². The largest absolute Gasteiger partial charge is 0.325 e. The summed E-state index contributed by atoms with van der Waals surface area (Å²) in [6, 6.07) is 5.94. The van der Waals surface area contributed by atoms with Gasteiger partial charge in [-0.25, -0.2) is 0 Å². The first-order valence-corrected chi connectivity index (χ1v) is 5.84. The molecule has 0 amide bonds. The Kier molecular flexibility index (Phi) is 2.17. The summed E-state index contributed by atoms with van der Waals surface area (Å²) in [4.78, 5) is 0. The van der Waals surface area contributed by atoms with Gasteiger partial charge in [-0.3, -0.25) is 4.40 Å². The van der Waals surface area contributed by atoms with Crippen molar-refractivity contribution in [2.75, 3.05) is 0 Å².